The molecule has 1 aliphatic heterocycles. The Hall–Kier alpha value is -4.64. The summed E-state index contributed by atoms with van der Waals surface area (Å²) in [4.78, 5) is 87.5. The summed E-state index contributed by atoms with van der Waals surface area (Å²) in [5.74, 6) is -6.21. The molecule has 1 unspecified atom stereocenters. The van der Waals surface area contributed by atoms with Gasteiger partial charge in [0.05, 0.1) is 5.92 Å². The number of anilines is 1. The molecule has 5 N–H and O–H groups in total. The lowest BCUT2D eigenvalue weighted by Gasteiger charge is -2.26. The Morgan fingerprint density at radius 1 is 0.816 bits per heavy atom. The number of amides is 6. The number of benzene rings is 1. The van der Waals surface area contributed by atoms with Gasteiger partial charge in [-0.05, 0) is 43.4 Å². The number of esters is 1. The topological polar surface area (TPSA) is 234 Å². The van der Waals surface area contributed by atoms with Crippen LogP contribution in [0.3, 0.4) is 0 Å². The summed E-state index contributed by atoms with van der Waals surface area (Å²) in [5, 5.41) is 9.83. The first-order valence-corrected chi connectivity index (χ1v) is 17.4. The predicted octanol–water partition coefficient (Wildman–Crippen LogP) is 0.828. The summed E-state index contributed by atoms with van der Waals surface area (Å²) in [6.45, 7) is 8.31. The Balaban J connectivity index is 1.92. The summed E-state index contributed by atoms with van der Waals surface area (Å²) >= 11 is 0. The smallest absolute Gasteiger partial charge is 0.308 e. The second-order valence-electron chi connectivity index (χ2n) is 12.2. The van der Waals surface area contributed by atoms with Gasteiger partial charge in [0.15, 0.2) is 0 Å². The molecule has 1 aromatic carbocycles. The first kappa shape index (κ1) is 40.5. The van der Waals surface area contributed by atoms with Crippen LogP contribution in [0.4, 0.5) is 5.69 Å². The summed E-state index contributed by atoms with van der Waals surface area (Å²) in [7, 11) is -4.74. The van der Waals surface area contributed by atoms with Crippen molar-refractivity contribution in [2.24, 2.45) is 11.8 Å². The number of hydrogen-bond donors (Lipinski definition) is 5. The zero-order chi connectivity index (χ0) is 36.9. The van der Waals surface area contributed by atoms with Crippen LogP contribution in [0.15, 0.2) is 36.4 Å². The van der Waals surface area contributed by atoms with Crippen molar-refractivity contribution in [3.8, 4) is 0 Å². The Morgan fingerprint density at radius 2 is 1.43 bits per heavy atom. The average molecular weight is 708 g/mol. The van der Waals surface area contributed by atoms with E-state index in [1.54, 1.807) is 52.0 Å². The van der Waals surface area contributed by atoms with E-state index in [-0.39, 0.29) is 31.5 Å². The molecule has 1 heterocycles. The molecule has 0 saturated heterocycles. The number of rotatable bonds is 19. The van der Waals surface area contributed by atoms with E-state index in [1.807, 2.05) is 0 Å². The van der Waals surface area contributed by atoms with Gasteiger partial charge in [-0.2, -0.15) is 8.42 Å². The molecule has 270 valence electrons. The molecule has 6 amide bonds. The molecule has 3 atom stereocenters. The fraction of sp³-hybridized carbons (Fsp3) is 0.531. The summed E-state index contributed by atoms with van der Waals surface area (Å²) in [6.07, 6.45) is 3.38. The van der Waals surface area contributed by atoms with E-state index >= 15 is 0 Å². The second-order valence-corrected chi connectivity index (χ2v) is 13.7. The number of carbonyl (C=O) groups excluding carboxylic acids is 7. The Bertz CT molecular complexity index is 1510. The number of unbranched alkanes of at least 4 members (excludes halogenated alkanes) is 2. The van der Waals surface area contributed by atoms with Crippen LogP contribution in [0.1, 0.15) is 65.9 Å². The van der Waals surface area contributed by atoms with E-state index in [0.717, 1.165) is 4.90 Å². The Labute approximate surface area is 285 Å². The van der Waals surface area contributed by atoms with E-state index in [1.165, 1.54) is 19.1 Å². The van der Waals surface area contributed by atoms with Gasteiger partial charge in [-0.1, -0.05) is 46.2 Å². The second kappa shape index (κ2) is 18.8. The van der Waals surface area contributed by atoms with Crippen LogP contribution in [0.25, 0.3) is 0 Å². The summed E-state index contributed by atoms with van der Waals surface area (Å²) in [5.41, 5.74) is 1.12. The molecule has 2 rings (SSSR count). The van der Waals surface area contributed by atoms with Crippen molar-refractivity contribution in [3.63, 3.8) is 0 Å². The van der Waals surface area contributed by atoms with E-state index in [2.05, 4.69) is 21.3 Å². The molecule has 1 aromatic rings. The molecule has 1 aliphatic rings. The molecule has 0 aliphatic carbocycles. The van der Waals surface area contributed by atoms with E-state index in [4.69, 9.17) is 4.74 Å². The minimum atomic E-state index is -4.74. The minimum Gasteiger partial charge on any atom is -0.461 e. The third-order valence-corrected chi connectivity index (χ3v) is 8.04. The normalized spacial score (nSPS) is 14.7. The van der Waals surface area contributed by atoms with Gasteiger partial charge >= 0.3 is 5.97 Å². The molecule has 0 saturated carbocycles. The number of carbonyl (C=O) groups is 7. The minimum absolute atomic E-state index is 0.0695. The summed E-state index contributed by atoms with van der Waals surface area (Å²) in [6, 6.07) is 2.48. The van der Waals surface area contributed by atoms with Gasteiger partial charge in [-0.15, -0.1) is 0 Å². The average Bonchev–Trinajstić information content (AvgIpc) is 3.33. The van der Waals surface area contributed by atoms with Gasteiger partial charge in [-0.25, -0.2) is 0 Å². The summed E-state index contributed by atoms with van der Waals surface area (Å²) < 4.78 is 37.9. The lowest BCUT2D eigenvalue weighted by Crippen LogP contribution is -2.58. The van der Waals surface area contributed by atoms with Crippen LogP contribution in [0.2, 0.25) is 0 Å². The maximum atomic E-state index is 13.1. The van der Waals surface area contributed by atoms with Crippen LogP contribution in [-0.2, 0) is 55.0 Å². The van der Waals surface area contributed by atoms with Crippen molar-refractivity contribution in [1.82, 2.24) is 20.9 Å². The van der Waals surface area contributed by atoms with Crippen molar-refractivity contribution >= 4 is 57.2 Å². The predicted molar refractivity (Wildman–Crippen MR) is 177 cm³/mol. The SMILES string of the molecule is CC(C)C(=O)OCc1ccc(NC(=O)[C@H](C)NC(=O)C(NC(=O)[C@H](CS(=O)(=O)O)NC(=O)CCCCCN2C(=O)C=CC2=O)C(C)C)cc1. The molecular formula is C32H45N5O11S. The molecule has 16 nitrogen and oxygen atoms in total. The molecule has 0 radical (unpaired) electrons. The Kier molecular flexibility index (Phi) is 15.5. The number of nitrogens with zero attached hydrogens (tertiary/aromatic N) is 1. The highest BCUT2D eigenvalue weighted by Crippen LogP contribution is 2.13. The highest BCUT2D eigenvalue weighted by molar-refractivity contribution is 7.85. The molecule has 0 fully saturated rings. The third kappa shape index (κ3) is 14.2. The van der Waals surface area contributed by atoms with E-state index in [9.17, 15) is 46.5 Å². The fourth-order valence-electron chi connectivity index (χ4n) is 4.46. The molecular weight excluding hydrogens is 662 g/mol. The first-order valence-electron chi connectivity index (χ1n) is 15.8. The fourth-order valence-corrected chi connectivity index (χ4v) is 5.11. The molecule has 0 aromatic heterocycles. The van der Waals surface area contributed by atoms with Crippen LogP contribution in [0, 0.1) is 11.8 Å². The van der Waals surface area contributed by atoms with Crippen molar-refractivity contribution in [1.29, 1.82) is 0 Å². The molecule has 0 bridgehead atoms. The van der Waals surface area contributed by atoms with Gasteiger partial charge < -0.3 is 26.0 Å². The van der Waals surface area contributed by atoms with Gasteiger partial charge in [0.1, 0.15) is 30.5 Å². The first-order chi connectivity index (χ1) is 22.9. The Morgan fingerprint density at radius 3 is 1.98 bits per heavy atom. The third-order valence-electron chi connectivity index (χ3n) is 7.29. The maximum Gasteiger partial charge on any atom is 0.308 e. The van der Waals surface area contributed by atoms with Crippen molar-refractivity contribution in [2.45, 2.75) is 85.0 Å². The number of imide groups is 1. The zero-order valence-electron chi connectivity index (χ0n) is 28.2. The van der Waals surface area contributed by atoms with Gasteiger partial charge in [0.25, 0.3) is 21.9 Å². The van der Waals surface area contributed by atoms with Crippen molar-refractivity contribution < 1.29 is 51.3 Å². The maximum absolute atomic E-state index is 13.1. The highest BCUT2D eigenvalue weighted by atomic mass is 32.2. The van der Waals surface area contributed by atoms with Gasteiger partial charge in [-0.3, -0.25) is 43.0 Å². The van der Waals surface area contributed by atoms with Crippen molar-refractivity contribution in [2.75, 3.05) is 17.6 Å². The van der Waals surface area contributed by atoms with Crippen LogP contribution in [-0.4, -0.2) is 89.7 Å². The lowest BCUT2D eigenvalue weighted by atomic mass is 10.0. The molecule has 0 spiro atoms. The van der Waals surface area contributed by atoms with Crippen LogP contribution in [0.5, 0.6) is 0 Å². The van der Waals surface area contributed by atoms with Crippen LogP contribution < -0.4 is 21.3 Å². The van der Waals surface area contributed by atoms with Crippen LogP contribution >= 0.6 is 0 Å². The van der Waals surface area contributed by atoms with E-state index in [0.29, 0.717) is 30.5 Å². The number of ether oxygens (including phenoxy) is 1. The molecule has 17 heteroatoms. The number of hydrogen-bond acceptors (Lipinski definition) is 10. The lowest BCUT2D eigenvalue weighted by molar-refractivity contribution is -0.148. The molecule has 49 heavy (non-hydrogen) atoms. The highest BCUT2D eigenvalue weighted by Gasteiger charge is 2.32. The monoisotopic (exact) mass is 707 g/mol. The number of nitrogens with one attached hydrogen (secondary N) is 4. The van der Waals surface area contributed by atoms with Gasteiger partial charge in [0.2, 0.25) is 23.6 Å². The van der Waals surface area contributed by atoms with Crippen molar-refractivity contribution in [3.05, 3.63) is 42.0 Å². The van der Waals surface area contributed by atoms with E-state index < -0.39 is 75.4 Å². The standard InChI is InChI=1S/C32H45N5O11S/c1-19(2)28(31(43)33-21(5)29(41)34-23-12-10-22(11-13-23)17-48-32(44)20(3)4)36-30(42)24(18-49(45,46)47)35-25(38)9-7-6-8-16-37-26(39)14-15-27(37)40/h10-15,19-21,24,28H,6-9,16-18H2,1-5H3,(H,33,43)(H,34,41)(H,35,38)(H,36,42)(H,45,46,47)/t21-,24-,28?/m0/s1. The largest absolute Gasteiger partial charge is 0.461 e. The van der Waals surface area contributed by atoms with Gasteiger partial charge in [0, 0.05) is 30.8 Å². The quantitative estimate of drug-likeness (QED) is 0.0585. The zero-order valence-corrected chi connectivity index (χ0v) is 29.0.